The Morgan fingerprint density at radius 1 is 1.00 bits per heavy atom. The van der Waals surface area contributed by atoms with Gasteiger partial charge in [-0.25, -0.2) is 9.97 Å². The van der Waals surface area contributed by atoms with Crippen molar-refractivity contribution in [1.82, 2.24) is 19.2 Å². The number of hydrogen-bond donors (Lipinski definition) is 0. The molecule has 8 heteroatoms. The van der Waals surface area contributed by atoms with Gasteiger partial charge in [0.15, 0.2) is 5.16 Å². The molecular weight excluding hydrogens is 344 g/mol. The van der Waals surface area contributed by atoms with Crippen LogP contribution in [0.4, 0.5) is 0 Å². The summed E-state index contributed by atoms with van der Waals surface area (Å²) in [6.07, 6.45) is 3.29. The number of benzene rings is 1. The smallest absolute Gasteiger partial charge is 0.231 e. The second-order valence-electron chi connectivity index (χ2n) is 5.29. The Kier molecular flexibility index (Phi) is 4.42. The minimum atomic E-state index is -3.73. The Bertz CT molecular complexity index is 965. The molecule has 6 nitrogen and oxygen atoms in total. The highest BCUT2D eigenvalue weighted by molar-refractivity contribution is 7.99. The zero-order chi connectivity index (χ0) is 17.3. The first kappa shape index (κ1) is 16.7. The van der Waals surface area contributed by atoms with E-state index in [1.165, 1.54) is 11.8 Å². The highest BCUT2D eigenvalue weighted by Gasteiger charge is 2.24. The molecule has 1 aromatic carbocycles. The van der Waals surface area contributed by atoms with Gasteiger partial charge in [-0.15, -0.1) is 0 Å². The van der Waals surface area contributed by atoms with Crippen LogP contribution in [0.3, 0.4) is 0 Å². The summed E-state index contributed by atoms with van der Waals surface area (Å²) in [6.45, 7) is 5.42. The molecule has 0 bridgehead atoms. The van der Waals surface area contributed by atoms with E-state index >= 15 is 0 Å². The molecule has 2 heterocycles. The van der Waals surface area contributed by atoms with E-state index in [1.807, 2.05) is 6.92 Å². The molecule has 3 rings (SSSR count). The predicted octanol–water partition coefficient (Wildman–Crippen LogP) is 2.99. The molecule has 2 aromatic heterocycles. The summed E-state index contributed by atoms with van der Waals surface area (Å²) in [5.41, 5.74) is 2.17. The summed E-state index contributed by atoms with van der Waals surface area (Å²) < 4.78 is 26.8. The Morgan fingerprint density at radius 2 is 1.62 bits per heavy atom. The van der Waals surface area contributed by atoms with Gasteiger partial charge in [0, 0.05) is 12.4 Å². The van der Waals surface area contributed by atoms with E-state index < -0.39 is 10.0 Å². The lowest BCUT2D eigenvalue weighted by atomic mass is 10.2. The lowest BCUT2D eigenvalue weighted by Crippen LogP contribution is -2.16. The molecule has 0 atom stereocenters. The van der Waals surface area contributed by atoms with E-state index in [0.717, 1.165) is 14.5 Å². The average Bonchev–Trinajstić information content (AvgIpc) is 2.85. The highest BCUT2D eigenvalue weighted by Crippen LogP contribution is 2.31. The monoisotopic (exact) mass is 360 g/mol. The molecule has 0 N–H and O–H groups in total. The molecule has 124 valence electrons. The van der Waals surface area contributed by atoms with Crippen LogP contribution in [0.25, 0.3) is 0 Å². The van der Waals surface area contributed by atoms with Crippen molar-refractivity contribution in [2.45, 2.75) is 35.7 Å². The SMILES string of the molecule is Cc1ccc(S(=O)(=O)n2nc(C)c(Sc3ncccn3)c2C)cc1. The molecule has 0 amide bonds. The van der Waals surface area contributed by atoms with E-state index in [-0.39, 0.29) is 4.90 Å². The first-order valence-corrected chi connectivity index (χ1v) is 9.48. The van der Waals surface area contributed by atoms with Gasteiger partial charge in [-0.1, -0.05) is 17.7 Å². The Labute approximate surface area is 145 Å². The van der Waals surface area contributed by atoms with Crippen molar-refractivity contribution >= 4 is 21.8 Å². The quantitative estimate of drug-likeness (QED) is 0.666. The minimum Gasteiger partial charge on any atom is -0.231 e. The van der Waals surface area contributed by atoms with Crippen molar-refractivity contribution in [3.05, 3.63) is 59.7 Å². The predicted molar refractivity (Wildman–Crippen MR) is 91.6 cm³/mol. The lowest BCUT2D eigenvalue weighted by molar-refractivity contribution is 0.577. The second kappa shape index (κ2) is 6.37. The standard InChI is InChI=1S/C16H16N4O2S2/c1-11-5-7-14(8-6-11)24(21,22)20-13(3)15(12(2)19-20)23-16-17-9-4-10-18-16/h4-10H,1-3H3. The maximum atomic E-state index is 12.8. The summed E-state index contributed by atoms with van der Waals surface area (Å²) in [4.78, 5) is 9.28. The molecule has 3 aromatic rings. The van der Waals surface area contributed by atoms with Gasteiger partial charge in [0.05, 0.1) is 21.2 Å². The third-order valence-electron chi connectivity index (χ3n) is 3.47. The van der Waals surface area contributed by atoms with Crippen molar-refractivity contribution in [1.29, 1.82) is 0 Å². The maximum absolute atomic E-state index is 12.8. The fourth-order valence-corrected chi connectivity index (χ4v) is 4.48. The fraction of sp³-hybridized carbons (Fsp3) is 0.188. The first-order chi connectivity index (χ1) is 11.4. The van der Waals surface area contributed by atoms with Crippen LogP contribution in [0, 0.1) is 20.8 Å². The Hall–Kier alpha value is -2.19. The van der Waals surface area contributed by atoms with E-state index in [4.69, 9.17) is 0 Å². The molecule has 24 heavy (non-hydrogen) atoms. The van der Waals surface area contributed by atoms with Crippen LogP contribution in [0.5, 0.6) is 0 Å². The van der Waals surface area contributed by atoms with Gasteiger partial charge in [-0.05, 0) is 50.7 Å². The lowest BCUT2D eigenvalue weighted by Gasteiger charge is -2.07. The number of nitrogens with zero attached hydrogens (tertiary/aromatic N) is 4. The number of hydrogen-bond acceptors (Lipinski definition) is 6. The van der Waals surface area contributed by atoms with Crippen LogP contribution in [0.2, 0.25) is 0 Å². The van der Waals surface area contributed by atoms with E-state index in [0.29, 0.717) is 16.5 Å². The van der Waals surface area contributed by atoms with Crippen molar-refractivity contribution in [2.75, 3.05) is 0 Å². The topological polar surface area (TPSA) is 77.7 Å². The van der Waals surface area contributed by atoms with Gasteiger partial charge < -0.3 is 0 Å². The molecule has 0 aliphatic heterocycles. The van der Waals surface area contributed by atoms with E-state index in [1.54, 1.807) is 56.6 Å². The van der Waals surface area contributed by atoms with Crippen LogP contribution in [-0.2, 0) is 10.0 Å². The van der Waals surface area contributed by atoms with Crippen LogP contribution in [-0.4, -0.2) is 27.6 Å². The normalized spacial score (nSPS) is 11.6. The van der Waals surface area contributed by atoms with Gasteiger partial charge in [-0.2, -0.15) is 17.6 Å². The van der Waals surface area contributed by atoms with Crippen LogP contribution < -0.4 is 0 Å². The van der Waals surface area contributed by atoms with Crippen LogP contribution >= 0.6 is 11.8 Å². The molecule has 0 saturated carbocycles. The molecule has 0 fully saturated rings. The van der Waals surface area contributed by atoms with Crippen LogP contribution in [0.15, 0.2) is 57.7 Å². The summed E-state index contributed by atoms with van der Waals surface area (Å²) in [7, 11) is -3.73. The van der Waals surface area contributed by atoms with E-state index in [2.05, 4.69) is 15.1 Å². The number of aromatic nitrogens is 4. The minimum absolute atomic E-state index is 0.214. The van der Waals surface area contributed by atoms with Crippen LogP contribution in [0.1, 0.15) is 17.0 Å². The maximum Gasteiger partial charge on any atom is 0.283 e. The van der Waals surface area contributed by atoms with Gasteiger partial charge in [0.1, 0.15) is 0 Å². The van der Waals surface area contributed by atoms with Crippen molar-refractivity contribution < 1.29 is 8.42 Å². The van der Waals surface area contributed by atoms with Gasteiger partial charge in [0.25, 0.3) is 10.0 Å². The molecule has 0 unspecified atom stereocenters. The van der Waals surface area contributed by atoms with Crippen molar-refractivity contribution in [2.24, 2.45) is 0 Å². The molecule has 0 aliphatic carbocycles. The Morgan fingerprint density at radius 3 is 2.25 bits per heavy atom. The molecule has 0 aliphatic rings. The summed E-state index contributed by atoms with van der Waals surface area (Å²) >= 11 is 1.31. The molecular formula is C16H16N4O2S2. The highest BCUT2D eigenvalue weighted by atomic mass is 32.2. The van der Waals surface area contributed by atoms with Crippen molar-refractivity contribution in [3.8, 4) is 0 Å². The van der Waals surface area contributed by atoms with Gasteiger partial charge in [0.2, 0.25) is 0 Å². The first-order valence-electron chi connectivity index (χ1n) is 7.23. The number of aryl methyl sites for hydroxylation is 2. The largest absolute Gasteiger partial charge is 0.283 e. The third kappa shape index (κ3) is 3.07. The molecule has 0 saturated heterocycles. The van der Waals surface area contributed by atoms with Crippen molar-refractivity contribution in [3.63, 3.8) is 0 Å². The summed E-state index contributed by atoms with van der Waals surface area (Å²) in [5.74, 6) is 0. The van der Waals surface area contributed by atoms with Gasteiger partial charge in [-0.3, -0.25) is 0 Å². The molecule has 0 radical (unpaired) electrons. The number of rotatable bonds is 4. The fourth-order valence-electron chi connectivity index (χ4n) is 2.23. The van der Waals surface area contributed by atoms with Gasteiger partial charge >= 0.3 is 0 Å². The average molecular weight is 360 g/mol. The van der Waals surface area contributed by atoms with E-state index in [9.17, 15) is 8.42 Å². The Balaban J connectivity index is 2.04. The third-order valence-corrected chi connectivity index (χ3v) is 6.33. The summed E-state index contributed by atoms with van der Waals surface area (Å²) in [6, 6.07) is 8.45. The zero-order valence-electron chi connectivity index (χ0n) is 13.5. The summed E-state index contributed by atoms with van der Waals surface area (Å²) in [5, 5.41) is 4.78. The zero-order valence-corrected chi connectivity index (χ0v) is 15.1. The second-order valence-corrected chi connectivity index (χ2v) is 8.04. The molecule has 0 spiro atoms.